The molecule has 4 heteroatoms. The number of hydrogen-bond donors (Lipinski definition) is 1. The van der Waals surface area contributed by atoms with Gasteiger partial charge in [-0.2, -0.15) is 0 Å². The van der Waals surface area contributed by atoms with E-state index in [1.807, 2.05) is 0 Å². The average molecular weight is 144 g/mol. The Hall–Kier alpha value is 0.110. The van der Waals surface area contributed by atoms with Crippen molar-refractivity contribution in [1.29, 1.82) is 0 Å². The summed E-state index contributed by atoms with van der Waals surface area (Å²) in [5, 5.41) is 2.57. The van der Waals surface area contributed by atoms with Gasteiger partial charge in [0.15, 0.2) is 0 Å². The summed E-state index contributed by atoms with van der Waals surface area (Å²) in [5.41, 5.74) is 0. The molecule has 1 rings (SSSR count). The molecule has 0 radical (unpaired) electrons. The van der Waals surface area contributed by atoms with Crippen molar-refractivity contribution in [3.63, 3.8) is 0 Å². The molecule has 1 fully saturated rings. The summed E-state index contributed by atoms with van der Waals surface area (Å²) < 4.78 is 23.8. The van der Waals surface area contributed by atoms with Crippen molar-refractivity contribution in [2.45, 2.75) is 12.3 Å². The fourth-order valence-corrected chi connectivity index (χ4v) is 0.615. The van der Waals surface area contributed by atoms with Crippen molar-refractivity contribution in [1.82, 2.24) is 5.32 Å². The summed E-state index contributed by atoms with van der Waals surface area (Å²) in [5.74, 6) is 0. The average Bonchev–Trinajstić information content (AvgIpc) is 1.91. The largest absolute Gasteiger partial charge is 0.311 e. The van der Waals surface area contributed by atoms with Gasteiger partial charge in [0, 0.05) is 13.1 Å². The molecule has 0 bridgehead atoms. The number of nitrogens with one attached hydrogen (secondary N) is 1. The third-order valence-electron chi connectivity index (χ3n) is 1.07. The van der Waals surface area contributed by atoms with Crippen LogP contribution >= 0.6 is 12.4 Å². The predicted octanol–water partition coefficient (Wildman–Crippen LogP) is 0.688. The molecule has 1 aliphatic rings. The van der Waals surface area contributed by atoms with Crippen LogP contribution < -0.4 is 5.32 Å². The van der Waals surface area contributed by atoms with Gasteiger partial charge in [0.2, 0.25) is 0 Å². The van der Waals surface area contributed by atoms with Crippen LogP contribution in [0, 0.1) is 0 Å². The minimum atomic E-state index is -1.26. The summed E-state index contributed by atoms with van der Waals surface area (Å²) in [4.78, 5) is 0. The molecule has 1 nitrogen and oxygen atoms in total. The third kappa shape index (κ3) is 1.56. The van der Waals surface area contributed by atoms with Crippen LogP contribution in [-0.4, -0.2) is 25.4 Å². The van der Waals surface area contributed by atoms with Crippen molar-refractivity contribution in [3.05, 3.63) is 0 Å². The fourth-order valence-electron chi connectivity index (χ4n) is 0.615. The lowest BCUT2D eigenvalue weighted by atomic mass is 10.3. The molecular formula is C4H8ClF2N. The van der Waals surface area contributed by atoms with Crippen LogP contribution in [0.15, 0.2) is 0 Å². The van der Waals surface area contributed by atoms with Gasteiger partial charge in [-0.1, -0.05) is 0 Å². The first-order valence-electron chi connectivity index (χ1n) is 2.29. The van der Waals surface area contributed by atoms with Gasteiger partial charge in [-0.3, -0.25) is 0 Å². The van der Waals surface area contributed by atoms with E-state index in [1.165, 1.54) is 0 Å². The molecule has 1 saturated heterocycles. The molecule has 8 heavy (non-hydrogen) atoms. The first-order chi connectivity index (χ1) is 3.30. The van der Waals surface area contributed by atoms with Crippen molar-refractivity contribution in [3.8, 4) is 0 Å². The Labute approximate surface area is 52.9 Å². The van der Waals surface area contributed by atoms with E-state index < -0.39 is 12.3 Å². The monoisotopic (exact) mass is 143 g/mol. The molecule has 0 aliphatic carbocycles. The zero-order chi connectivity index (χ0) is 5.28. The van der Waals surface area contributed by atoms with Crippen LogP contribution in [0.4, 0.5) is 8.78 Å². The minimum Gasteiger partial charge on any atom is -0.311 e. The van der Waals surface area contributed by atoms with Gasteiger partial charge < -0.3 is 5.32 Å². The van der Waals surface area contributed by atoms with Crippen molar-refractivity contribution in [2.24, 2.45) is 0 Å². The smallest absolute Gasteiger partial charge is 0.145 e. The summed E-state index contributed by atoms with van der Waals surface area (Å²) in [7, 11) is 0. The highest BCUT2D eigenvalue weighted by Crippen LogP contribution is 2.06. The Morgan fingerprint density at radius 1 is 1.12 bits per heavy atom. The van der Waals surface area contributed by atoms with Crippen LogP contribution in [0.25, 0.3) is 0 Å². The number of halogens is 3. The summed E-state index contributed by atoms with van der Waals surface area (Å²) in [6.07, 6.45) is -2.53. The molecule has 0 saturated carbocycles. The SMILES string of the molecule is Cl.F[C@@H]1CNC[C@H]1F. The van der Waals surface area contributed by atoms with Gasteiger partial charge in [0.05, 0.1) is 0 Å². The minimum absolute atomic E-state index is 0. The second-order valence-corrected chi connectivity index (χ2v) is 1.69. The summed E-state index contributed by atoms with van der Waals surface area (Å²) in [6.45, 7) is 0.363. The van der Waals surface area contributed by atoms with Crippen molar-refractivity contribution in [2.75, 3.05) is 13.1 Å². The van der Waals surface area contributed by atoms with Gasteiger partial charge in [-0.25, -0.2) is 8.78 Å². The molecule has 2 atom stereocenters. The van der Waals surface area contributed by atoms with E-state index in [2.05, 4.69) is 5.32 Å². The van der Waals surface area contributed by atoms with Gasteiger partial charge in [0.1, 0.15) is 12.3 Å². The molecule has 0 amide bonds. The molecular weight excluding hydrogens is 136 g/mol. The van der Waals surface area contributed by atoms with Crippen molar-refractivity contribution >= 4 is 12.4 Å². The zero-order valence-electron chi connectivity index (χ0n) is 4.23. The summed E-state index contributed by atoms with van der Waals surface area (Å²) >= 11 is 0. The van der Waals surface area contributed by atoms with Crippen LogP contribution in [0.5, 0.6) is 0 Å². The molecule has 1 heterocycles. The Morgan fingerprint density at radius 2 is 1.50 bits per heavy atom. The van der Waals surface area contributed by atoms with E-state index in [0.717, 1.165) is 0 Å². The molecule has 1 aliphatic heterocycles. The van der Waals surface area contributed by atoms with E-state index in [1.54, 1.807) is 0 Å². The molecule has 0 aromatic carbocycles. The normalized spacial score (nSPS) is 36.8. The third-order valence-corrected chi connectivity index (χ3v) is 1.07. The molecule has 0 spiro atoms. The highest BCUT2D eigenvalue weighted by Gasteiger charge is 2.25. The quantitative estimate of drug-likeness (QED) is 0.526. The maximum Gasteiger partial charge on any atom is 0.145 e. The van der Waals surface area contributed by atoms with Crippen LogP contribution in [0.2, 0.25) is 0 Å². The highest BCUT2D eigenvalue weighted by atomic mass is 35.5. The van der Waals surface area contributed by atoms with Gasteiger partial charge in [0.25, 0.3) is 0 Å². The first kappa shape index (κ1) is 8.11. The molecule has 1 N–H and O–H groups in total. The van der Waals surface area contributed by atoms with Gasteiger partial charge in [-0.05, 0) is 0 Å². The van der Waals surface area contributed by atoms with Crippen LogP contribution in [0.3, 0.4) is 0 Å². The Morgan fingerprint density at radius 3 is 1.62 bits per heavy atom. The second-order valence-electron chi connectivity index (χ2n) is 1.69. The lowest BCUT2D eigenvalue weighted by Gasteiger charge is -1.95. The lowest BCUT2D eigenvalue weighted by molar-refractivity contribution is 0.217. The Kier molecular flexibility index (Phi) is 3.24. The zero-order valence-corrected chi connectivity index (χ0v) is 5.05. The topological polar surface area (TPSA) is 12.0 Å². The Balaban J connectivity index is 0.000000490. The first-order valence-corrected chi connectivity index (χ1v) is 2.29. The summed E-state index contributed by atoms with van der Waals surface area (Å²) in [6, 6.07) is 0. The molecule has 0 unspecified atom stereocenters. The van der Waals surface area contributed by atoms with Gasteiger partial charge >= 0.3 is 0 Å². The lowest BCUT2D eigenvalue weighted by Crippen LogP contribution is -2.12. The van der Waals surface area contributed by atoms with Crippen LogP contribution in [0.1, 0.15) is 0 Å². The number of rotatable bonds is 0. The van der Waals surface area contributed by atoms with Crippen molar-refractivity contribution < 1.29 is 8.78 Å². The number of alkyl halides is 2. The molecule has 50 valence electrons. The molecule has 0 aromatic heterocycles. The highest BCUT2D eigenvalue weighted by molar-refractivity contribution is 5.85. The van der Waals surface area contributed by atoms with Crippen LogP contribution in [-0.2, 0) is 0 Å². The second kappa shape index (κ2) is 3.20. The predicted molar refractivity (Wildman–Crippen MR) is 29.9 cm³/mol. The van der Waals surface area contributed by atoms with E-state index in [-0.39, 0.29) is 25.5 Å². The number of hydrogen-bond acceptors (Lipinski definition) is 1. The van der Waals surface area contributed by atoms with Gasteiger partial charge in [-0.15, -0.1) is 12.4 Å². The Bertz CT molecular complexity index is 63.1. The molecule has 0 aromatic rings. The van der Waals surface area contributed by atoms with E-state index >= 15 is 0 Å². The van der Waals surface area contributed by atoms with E-state index in [0.29, 0.717) is 0 Å². The maximum atomic E-state index is 11.9. The fraction of sp³-hybridized carbons (Fsp3) is 1.00. The van der Waals surface area contributed by atoms with E-state index in [9.17, 15) is 8.78 Å². The standard InChI is InChI=1S/C4H7F2N.ClH/c5-3-1-7-2-4(3)6;/h3-4,7H,1-2H2;1H/t3-,4-;/m1./s1. The van der Waals surface area contributed by atoms with E-state index in [4.69, 9.17) is 0 Å². The maximum absolute atomic E-state index is 11.9.